The summed E-state index contributed by atoms with van der Waals surface area (Å²) in [5.74, 6) is 1.20. The highest BCUT2D eigenvalue weighted by Crippen LogP contribution is 1.98. The molecule has 5 nitrogen and oxygen atoms in total. The summed E-state index contributed by atoms with van der Waals surface area (Å²) in [4.78, 5) is 4.61. The van der Waals surface area contributed by atoms with E-state index in [4.69, 9.17) is 4.42 Å². The molecule has 62 valence electrons. The molecule has 0 spiro atoms. The van der Waals surface area contributed by atoms with Crippen LogP contribution in [0.4, 0.5) is 0 Å². The molecular formula is C6H11N3O2. The van der Waals surface area contributed by atoms with Crippen molar-refractivity contribution in [3.63, 3.8) is 0 Å². The predicted octanol–water partition coefficient (Wildman–Crippen LogP) is 0.283. The topological polar surface area (TPSA) is 60.2 Å². The third-order valence-corrected chi connectivity index (χ3v) is 1.18. The third kappa shape index (κ3) is 2.28. The van der Waals surface area contributed by atoms with Crippen LogP contribution in [0.1, 0.15) is 18.7 Å². The SMILES string of the molecule is CCc1nnc(CNOC)o1. The van der Waals surface area contributed by atoms with Crippen molar-refractivity contribution in [3.05, 3.63) is 11.8 Å². The number of aromatic nitrogens is 2. The van der Waals surface area contributed by atoms with Gasteiger partial charge in [0.25, 0.3) is 0 Å². The van der Waals surface area contributed by atoms with E-state index in [-0.39, 0.29) is 0 Å². The highest BCUT2D eigenvalue weighted by atomic mass is 16.6. The lowest BCUT2D eigenvalue weighted by Crippen LogP contribution is -2.10. The van der Waals surface area contributed by atoms with Crippen molar-refractivity contribution in [2.45, 2.75) is 19.9 Å². The maximum absolute atomic E-state index is 5.17. The standard InChI is InChI=1S/C6H11N3O2/c1-3-5-8-9-6(11-5)4-7-10-2/h7H,3-4H2,1-2H3. The Kier molecular flexibility index (Phi) is 3.00. The van der Waals surface area contributed by atoms with Crippen LogP contribution < -0.4 is 5.48 Å². The monoisotopic (exact) mass is 157 g/mol. The molecule has 0 unspecified atom stereocenters. The van der Waals surface area contributed by atoms with Gasteiger partial charge in [0.05, 0.1) is 13.7 Å². The molecule has 0 aliphatic rings. The highest BCUT2D eigenvalue weighted by Gasteiger charge is 2.01. The second kappa shape index (κ2) is 4.05. The van der Waals surface area contributed by atoms with Gasteiger partial charge in [0, 0.05) is 6.42 Å². The molecule has 11 heavy (non-hydrogen) atoms. The molecule has 0 aliphatic carbocycles. The molecule has 0 aliphatic heterocycles. The van der Waals surface area contributed by atoms with Gasteiger partial charge < -0.3 is 9.25 Å². The van der Waals surface area contributed by atoms with Gasteiger partial charge in [0.1, 0.15) is 0 Å². The summed E-state index contributed by atoms with van der Waals surface area (Å²) in [5, 5.41) is 7.54. The van der Waals surface area contributed by atoms with E-state index in [1.807, 2.05) is 6.92 Å². The number of hydrogen-bond acceptors (Lipinski definition) is 5. The molecule has 1 heterocycles. The number of nitrogens with zero attached hydrogens (tertiary/aromatic N) is 2. The average molecular weight is 157 g/mol. The fraction of sp³-hybridized carbons (Fsp3) is 0.667. The van der Waals surface area contributed by atoms with Gasteiger partial charge in [-0.1, -0.05) is 6.92 Å². The van der Waals surface area contributed by atoms with Crippen molar-refractivity contribution in [3.8, 4) is 0 Å². The average Bonchev–Trinajstić information content (AvgIpc) is 2.48. The minimum absolute atomic E-state index is 0.448. The van der Waals surface area contributed by atoms with Crippen LogP contribution in [0.15, 0.2) is 4.42 Å². The van der Waals surface area contributed by atoms with Crippen LogP contribution in [0, 0.1) is 0 Å². The summed E-state index contributed by atoms with van der Waals surface area (Å²) in [6, 6.07) is 0. The van der Waals surface area contributed by atoms with Crippen molar-refractivity contribution in [1.82, 2.24) is 15.7 Å². The first-order valence-electron chi connectivity index (χ1n) is 3.44. The van der Waals surface area contributed by atoms with Crippen molar-refractivity contribution >= 4 is 0 Å². The third-order valence-electron chi connectivity index (χ3n) is 1.18. The van der Waals surface area contributed by atoms with Gasteiger partial charge in [-0.3, -0.25) is 0 Å². The molecule has 0 bridgehead atoms. The second-order valence-corrected chi connectivity index (χ2v) is 1.97. The van der Waals surface area contributed by atoms with Crippen molar-refractivity contribution < 1.29 is 9.25 Å². The van der Waals surface area contributed by atoms with Gasteiger partial charge in [-0.15, -0.1) is 10.2 Å². The molecule has 0 fully saturated rings. The number of aryl methyl sites for hydroxylation is 1. The fourth-order valence-electron chi connectivity index (χ4n) is 0.637. The zero-order valence-electron chi connectivity index (χ0n) is 6.63. The normalized spacial score (nSPS) is 10.4. The van der Waals surface area contributed by atoms with E-state index in [0.717, 1.165) is 6.42 Å². The zero-order chi connectivity index (χ0) is 8.10. The first kappa shape index (κ1) is 8.16. The lowest BCUT2D eigenvalue weighted by Gasteiger charge is -1.93. The molecule has 1 aromatic rings. The Morgan fingerprint density at radius 3 is 2.73 bits per heavy atom. The van der Waals surface area contributed by atoms with Gasteiger partial charge in [-0.05, 0) is 0 Å². The Balaban J connectivity index is 2.44. The van der Waals surface area contributed by atoms with Crippen LogP contribution in [0.3, 0.4) is 0 Å². The lowest BCUT2D eigenvalue weighted by atomic mass is 10.5. The first-order valence-corrected chi connectivity index (χ1v) is 3.44. The molecule has 0 atom stereocenters. The molecule has 0 aromatic carbocycles. The maximum Gasteiger partial charge on any atom is 0.232 e. The van der Waals surface area contributed by atoms with E-state index in [0.29, 0.717) is 18.3 Å². The number of rotatable bonds is 4. The Bertz CT molecular complexity index is 211. The summed E-state index contributed by atoms with van der Waals surface area (Å²) < 4.78 is 5.17. The summed E-state index contributed by atoms with van der Waals surface area (Å²) in [7, 11) is 1.54. The van der Waals surface area contributed by atoms with Crippen LogP contribution in [-0.4, -0.2) is 17.3 Å². The van der Waals surface area contributed by atoms with Gasteiger partial charge in [-0.25, -0.2) is 0 Å². The van der Waals surface area contributed by atoms with E-state index < -0.39 is 0 Å². The van der Waals surface area contributed by atoms with Gasteiger partial charge in [0.15, 0.2) is 0 Å². The molecule has 0 saturated carbocycles. The quantitative estimate of drug-likeness (QED) is 0.636. The Hall–Kier alpha value is -0.940. The molecule has 1 N–H and O–H groups in total. The molecule has 0 saturated heterocycles. The molecule has 0 amide bonds. The van der Waals surface area contributed by atoms with E-state index in [1.54, 1.807) is 0 Å². The summed E-state index contributed by atoms with van der Waals surface area (Å²) >= 11 is 0. The summed E-state index contributed by atoms with van der Waals surface area (Å²) in [6.45, 7) is 2.41. The van der Waals surface area contributed by atoms with Crippen LogP contribution in [0.25, 0.3) is 0 Å². The fourth-order valence-corrected chi connectivity index (χ4v) is 0.637. The number of hydroxylamine groups is 1. The van der Waals surface area contributed by atoms with Crippen molar-refractivity contribution in [1.29, 1.82) is 0 Å². The predicted molar refractivity (Wildman–Crippen MR) is 37.5 cm³/mol. The van der Waals surface area contributed by atoms with Crippen LogP contribution in [-0.2, 0) is 17.8 Å². The van der Waals surface area contributed by atoms with Crippen LogP contribution >= 0.6 is 0 Å². The molecule has 5 heteroatoms. The van der Waals surface area contributed by atoms with Crippen LogP contribution in [0.2, 0.25) is 0 Å². The Morgan fingerprint density at radius 2 is 2.18 bits per heavy atom. The highest BCUT2D eigenvalue weighted by molar-refractivity contribution is 4.79. The van der Waals surface area contributed by atoms with E-state index in [2.05, 4.69) is 20.5 Å². The first-order chi connectivity index (χ1) is 5.36. The Morgan fingerprint density at radius 1 is 1.45 bits per heavy atom. The smallest absolute Gasteiger partial charge is 0.232 e. The lowest BCUT2D eigenvalue weighted by molar-refractivity contribution is 0.0803. The van der Waals surface area contributed by atoms with Crippen molar-refractivity contribution in [2.75, 3.05) is 7.11 Å². The van der Waals surface area contributed by atoms with E-state index in [9.17, 15) is 0 Å². The number of hydrogen-bond donors (Lipinski definition) is 1. The zero-order valence-corrected chi connectivity index (χ0v) is 6.63. The van der Waals surface area contributed by atoms with Crippen molar-refractivity contribution in [2.24, 2.45) is 0 Å². The summed E-state index contributed by atoms with van der Waals surface area (Å²) in [6.07, 6.45) is 0.764. The second-order valence-electron chi connectivity index (χ2n) is 1.97. The van der Waals surface area contributed by atoms with Gasteiger partial charge in [0.2, 0.25) is 11.8 Å². The molecule has 0 radical (unpaired) electrons. The van der Waals surface area contributed by atoms with E-state index >= 15 is 0 Å². The van der Waals surface area contributed by atoms with E-state index in [1.165, 1.54) is 7.11 Å². The Labute approximate surface area is 64.7 Å². The van der Waals surface area contributed by atoms with Gasteiger partial charge in [-0.2, -0.15) is 5.48 Å². The van der Waals surface area contributed by atoms with Gasteiger partial charge >= 0.3 is 0 Å². The number of nitrogens with one attached hydrogen (secondary N) is 1. The largest absolute Gasteiger partial charge is 0.424 e. The maximum atomic E-state index is 5.17. The molecule has 1 aromatic heterocycles. The molecular weight excluding hydrogens is 146 g/mol. The minimum atomic E-state index is 0.448. The molecule has 1 rings (SSSR count). The summed E-state index contributed by atoms with van der Waals surface area (Å²) in [5.41, 5.74) is 2.61. The van der Waals surface area contributed by atoms with Crippen LogP contribution in [0.5, 0.6) is 0 Å². The minimum Gasteiger partial charge on any atom is -0.424 e.